The molecular weight excluding hydrogens is 284 g/mol. The number of nitrogens with one attached hydrogen (secondary N) is 1. The van der Waals surface area contributed by atoms with Gasteiger partial charge in [0.15, 0.2) is 9.84 Å². The highest BCUT2D eigenvalue weighted by Gasteiger charge is 2.37. The molecule has 1 aliphatic heterocycles. The van der Waals surface area contributed by atoms with E-state index in [0.29, 0.717) is 18.5 Å². The minimum atomic E-state index is -3.05. The Kier molecular flexibility index (Phi) is 5.90. The first kappa shape index (κ1) is 18.9. The maximum absolute atomic E-state index is 12.3. The van der Waals surface area contributed by atoms with E-state index in [1.807, 2.05) is 0 Å². The van der Waals surface area contributed by atoms with Crippen molar-refractivity contribution in [1.29, 1.82) is 0 Å². The second kappa shape index (κ2) is 6.55. The fourth-order valence-corrected chi connectivity index (χ4v) is 3.71. The summed E-state index contributed by atoms with van der Waals surface area (Å²) < 4.78 is 24.0. The van der Waals surface area contributed by atoms with Gasteiger partial charge in [0.2, 0.25) is 0 Å². The van der Waals surface area contributed by atoms with Crippen LogP contribution in [0, 0.1) is 5.92 Å². The van der Waals surface area contributed by atoms with Crippen LogP contribution in [-0.2, 0) is 9.84 Å². The average molecular weight is 319 g/mol. The molecule has 0 aliphatic carbocycles. The molecule has 0 aromatic heterocycles. The van der Waals surface area contributed by atoms with Crippen molar-refractivity contribution in [1.82, 2.24) is 10.2 Å². The number of sulfone groups is 1. The number of piperazine rings is 1. The van der Waals surface area contributed by atoms with Crippen LogP contribution in [-0.4, -0.2) is 55.0 Å². The molecule has 2 atom stereocenters. The Morgan fingerprint density at radius 1 is 1.33 bits per heavy atom. The van der Waals surface area contributed by atoms with E-state index in [2.05, 4.69) is 37.9 Å². The molecule has 4 nitrogen and oxygen atoms in total. The third kappa shape index (κ3) is 4.67. The van der Waals surface area contributed by atoms with Crippen LogP contribution >= 0.6 is 0 Å². The summed E-state index contributed by atoms with van der Waals surface area (Å²) in [5.74, 6) is 0.857. The van der Waals surface area contributed by atoms with Gasteiger partial charge >= 0.3 is 0 Å². The van der Waals surface area contributed by atoms with Gasteiger partial charge in [0.1, 0.15) is 0 Å². The summed E-state index contributed by atoms with van der Waals surface area (Å²) in [6, 6.07) is 0.459. The first-order chi connectivity index (χ1) is 9.40. The van der Waals surface area contributed by atoms with E-state index in [0.717, 1.165) is 19.5 Å². The number of hydrogen-bond donors (Lipinski definition) is 1. The summed E-state index contributed by atoms with van der Waals surface area (Å²) in [5, 5.41) is 3.63. The molecule has 0 aromatic carbocycles. The van der Waals surface area contributed by atoms with Crippen LogP contribution in [0.4, 0.5) is 0 Å². The van der Waals surface area contributed by atoms with Crippen molar-refractivity contribution in [2.45, 2.75) is 71.2 Å². The number of nitrogens with zero attached hydrogens (tertiary/aromatic N) is 1. The minimum absolute atomic E-state index is 0.0113. The maximum Gasteiger partial charge on any atom is 0.156 e. The highest BCUT2D eigenvalue weighted by molar-refractivity contribution is 7.92. The molecule has 126 valence electrons. The molecule has 1 heterocycles. The van der Waals surface area contributed by atoms with E-state index in [4.69, 9.17) is 0 Å². The van der Waals surface area contributed by atoms with Crippen molar-refractivity contribution >= 4 is 9.84 Å². The van der Waals surface area contributed by atoms with Crippen molar-refractivity contribution < 1.29 is 8.42 Å². The molecule has 0 amide bonds. The van der Waals surface area contributed by atoms with Crippen LogP contribution in [0.15, 0.2) is 0 Å². The largest absolute Gasteiger partial charge is 0.311 e. The third-order valence-corrected chi connectivity index (χ3v) is 7.55. The van der Waals surface area contributed by atoms with Gasteiger partial charge in [-0.05, 0) is 40.5 Å². The smallest absolute Gasteiger partial charge is 0.156 e. The molecule has 1 rings (SSSR count). The first-order valence-corrected chi connectivity index (χ1v) is 9.76. The Morgan fingerprint density at radius 2 is 1.90 bits per heavy atom. The Morgan fingerprint density at radius 3 is 2.38 bits per heavy atom. The molecule has 0 spiro atoms. The summed E-state index contributed by atoms with van der Waals surface area (Å²) in [6.45, 7) is 16.7. The van der Waals surface area contributed by atoms with Gasteiger partial charge in [-0.25, -0.2) is 8.42 Å². The Balaban J connectivity index is 2.74. The molecule has 0 aromatic rings. The van der Waals surface area contributed by atoms with Crippen molar-refractivity contribution in [2.24, 2.45) is 5.92 Å². The molecule has 1 fully saturated rings. The summed E-state index contributed by atoms with van der Waals surface area (Å²) in [5.41, 5.74) is 0.0113. The molecule has 1 saturated heterocycles. The van der Waals surface area contributed by atoms with Gasteiger partial charge in [0.05, 0.1) is 10.5 Å². The number of hydrogen-bond acceptors (Lipinski definition) is 4. The van der Waals surface area contributed by atoms with Crippen LogP contribution < -0.4 is 5.32 Å². The van der Waals surface area contributed by atoms with Gasteiger partial charge < -0.3 is 5.32 Å². The topological polar surface area (TPSA) is 49.4 Å². The van der Waals surface area contributed by atoms with E-state index in [-0.39, 0.29) is 11.3 Å². The van der Waals surface area contributed by atoms with E-state index in [1.165, 1.54) is 0 Å². The van der Waals surface area contributed by atoms with Gasteiger partial charge in [-0.15, -0.1) is 0 Å². The lowest BCUT2D eigenvalue weighted by Gasteiger charge is -2.47. The molecule has 2 unspecified atom stereocenters. The van der Waals surface area contributed by atoms with Crippen LogP contribution in [0.2, 0.25) is 0 Å². The van der Waals surface area contributed by atoms with Crippen LogP contribution in [0.1, 0.15) is 54.9 Å². The molecule has 21 heavy (non-hydrogen) atoms. The van der Waals surface area contributed by atoms with E-state index < -0.39 is 14.6 Å². The lowest BCUT2D eigenvalue weighted by molar-refractivity contribution is 0.0577. The Bertz CT molecular complexity index is 438. The molecule has 1 N–H and O–H groups in total. The van der Waals surface area contributed by atoms with Crippen LogP contribution in [0.25, 0.3) is 0 Å². The molecule has 5 heteroatoms. The molecular formula is C16H34N2O2S. The van der Waals surface area contributed by atoms with E-state index in [9.17, 15) is 8.42 Å². The summed E-state index contributed by atoms with van der Waals surface area (Å²) in [6.07, 6.45) is 1.15. The molecule has 0 radical (unpaired) electrons. The standard InChI is InChI=1S/C16H34N2O2S/c1-8-13(2)14-11-18(16(6,7)12-17-14)9-10-21(19,20)15(3,4)5/h13-14,17H,8-12H2,1-7H3. The molecule has 0 bridgehead atoms. The normalized spacial score (nSPS) is 25.8. The Hall–Kier alpha value is -0.130. The minimum Gasteiger partial charge on any atom is -0.311 e. The first-order valence-electron chi connectivity index (χ1n) is 8.11. The lowest BCUT2D eigenvalue weighted by Crippen LogP contribution is -2.64. The molecule has 0 saturated carbocycles. The lowest BCUT2D eigenvalue weighted by atomic mass is 9.91. The van der Waals surface area contributed by atoms with Crippen LogP contribution in [0.5, 0.6) is 0 Å². The van der Waals surface area contributed by atoms with Gasteiger partial charge in [-0.3, -0.25) is 4.90 Å². The fraction of sp³-hybridized carbons (Fsp3) is 1.00. The zero-order chi connectivity index (χ0) is 16.5. The van der Waals surface area contributed by atoms with Crippen molar-refractivity contribution in [3.8, 4) is 0 Å². The predicted octanol–water partition coefficient (Wildman–Crippen LogP) is 2.30. The van der Waals surface area contributed by atoms with Crippen LogP contribution in [0.3, 0.4) is 0 Å². The summed E-state index contributed by atoms with van der Waals surface area (Å²) >= 11 is 0. The zero-order valence-electron chi connectivity index (χ0n) is 14.9. The highest BCUT2D eigenvalue weighted by Crippen LogP contribution is 2.24. The monoisotopic (exact) mass is 318 g/mol. The highest BCUT2D eigenvalue weighted by atomic mass is 32.2. The Labute approximate surface area is 131 Å². The van der Waals surface area contributed by atoms with Crippen molar-refractivity contribution in [3.05, 3.63) is 0 Å². The van der Waals surface area contributed by atoms with Gasteiger partial charge in [-0.2, -0.15) is 0 Å². The SMILES string of the molecule is CCC(C)C1CN(CCS(=O)(=O)C(C)(C)C)C(C)(C)CN1. The number of rotatable bonds is 5. The maximum atomic E-state index is 12.3. The van der Waals surface area contributed by atoms with E-state index in [1.54, 1.807) is 20.8 Å². The van der Waals surface area contributed by atoms with Gasteiger partial charge in [0, 0.05) is 31.2 Å². The second-order valence-electron chi connectivity index (χ2n) is 8.06. The fourth-order valence-electron chi connectivity index (χ4n) is 2.64. The quantitative estimate of drug-likeness (QED) is 0.845. The average Bonchev–Trinajstić information content (AvgIpc) is 2.34. The second-order valence-corrected chi connectivity index (χ2v) is 10.9. The molecule has 1 aliphatic rings. The van der Waals surface area contributed by atoms with Crippen molar-refractivity contribution in [2.75, 3.05) is 25.4 Å². The predicted molar refractivity (Wildman–Crippen MR) is 90.4 cm³/mol. The third-order valence-electron chi connectivity index (χ3n) is 4.96. The zero-order valence-corrected chi connectivity index (χ0v) is 15.7. The van der Waals surface area contributed by atoms with Gasteiger partial charge in [0.25, 0.3) is 0 Å². The van der Waals surface area contributed by atoms with E-state index >= 15 is 0 Å². The summed E-state index contributed by atoms with van der Waals surface area (Å²) in [7, 11) is -3.05. The summed E-state index contributed by atoms with van der Waals surface area (Å²) in [4.78, 5) is 2.35. The van der Waals surface area contributed by atoms with Gasteiger partial charge in [-0.1, -0.05) is 20.3 Å². The van der Waals surface area contributed by atoms with Crippen molar-refractivity contribution in [3.63, 3.8) is 0 Å².